The number of hydrogen-bond donors (Lipinski definition) is 1. The van der Waals surface area contributed by atoms with Crippen LogP contribution in [-0.2, 0) is 6.61 Å². The van der Waals surface area contributed by atoms with Gasteiger partial charge in [0.1, 0.15) is 11.5 Å². The maximum atomic E-state index is 13.6. The molecule has 1 aromatic heterocycles. The second-order valence-electron chi connectivity index (χ2n) is 3.59. The van der Waals surface area contributed by atoms with Gasteiger partial charge in [-0.3, -0.25) is 0 Å². The minimum absolute atomic E-state index is 0.104. The molecule has 0 aliphatic heterocycles. The van der Waals surface area contributed by atoms with Crippen LogP contribution in [0.15, 0.2) is 24.4 Å². The molecule has 0 saturated heterocycles. The van der Waals surface area contributed by atoms with Gasteiger partial charge in [-0.15, -0.1) is 0 Å². The zero-order valence-corrected chi connectivity index (χ0v) is 8.94. The van der Waals surface area contributed by atoms with Gasteiger partial charge in [0.05, 0.1) is 12.3 Å². The molecule has 1 N–H and O–H groups in total. The van der Waals surface area contributed by atoms with Gasteiger partial charge in [0.25, 0.3) is 0 Å². The number of benzene rings is 1. The van der Waals surface area contributed by atoms with Gasteiger partial charge in [-0.05, 0) is 25.5 Å². The molecule has 2 aromatic rings. The molecule has 0 aliphatic carbocycles. The number of aliphatic hydroxyl groups is 1. The fraction of sp³-hybridized carbons (Fsp3) is 0.167. The Bertz CT molecular complexity index is 499. The Hall–Kier alpha value is -1.68. The third-order valence-electron chi connectivity index (χ3n) is 2.47. The Morgan fingerprint density at radius 3 is 2.81 bits per heavy atom. The predicted molar refractivity (Wildman–Crippen MR) is 58.6 cm³/mol. The van der Waals surface area contributed by atoms with Crippen LogP contribution in [0, 0.1) is 19.7 Å². The lowest BCUT2D eigenvalue weighted by Crippen LogP contribution is -2.01. The topological polar surface area (TPSA) is 38.0 Å². The molecule has 3 nitrogen and oxygen atoms in total. The number of aromatic nitrogens is 2. The van der Waals surface area contributed by atoms with Crippen LogP contribution >= 0.6 is 0 Å². The van der Waals surface area contributed by atoms with Gasteiger partial charge >= 0.3 is 0 Å². The lowest BCUT2D eigenvalue weighted by Gasteiger charge is -2.06. The second kappa shape index (κ2) is 4.06. The summed E-state index contributed by atoms with van der Waals surface area (Å²) in [4.78, 5) is 0. The fourth-order valence-electron chi connectivity index (χ4n) is 1.58. The zero-order chi connectivity index (χ0) is 11.7. The third kappa shape index (κ3) is 1.72. The SMILES string of the molecule is [CH2]c1cccc(F)c1-n1cc(CO)c(C)n1. The Morgan fingerprint density at radius 2 is 2.25 bits per heavy atom. The largest absolute Gasteiger partial charge is 0.392 e. The van der Waals surface area contributed by atoms with E-state index >= 15 is 0 Å². The van der Waals surface area contributed by atoms with E-state index in [1.165, 1.54) is 10.7 Å². The highest BCUT2D eigenvalue weighted by molar-refractivity contribution is 5.44. The van der Waals surface area contributed by atoms with E-state index in [4.69, 9.17) is 5.11 Å². The summed E-state index contributed by atoms with van der Waals surface area (Å²) in [5, 5.41) is 13.2. The summed E-state index contributed by atoms with van der Waals surface area (Å²) in [6.07, 6.45) is 1.61. The summed E-state index contributed by atoms with van der Waals surface area (Å²) in [5.74, 6) is -0.375. The van der Waals surface area contributed by atoms with E-state index in [9.17, 15) is 4.39 Å². The van der Waals surface area contributed by atoms with Crippen molar-refractivity contribution in [3.63, 3.8) is 0 Å². The molecule has 0 saturated carbocycles. The van der Waals surface area contributed by atoms with Crippen molar-refractivity contribution in [2.45, 2.75) is 13.5 Å². The standard InChI is InChI=1S/C12H12FN2O/c1-8-4-3-5-11(13)12(8)15-6-10(7-16)9(2)14-15/h3-6,16H,1,7H2,2H3. The average molecular weight is 219 g/mol. The summed E-state index contributed by atoms with van der Waals surface area (Å²) in [5.41, 5.74) is 2.25. The molecule has 83 valence electrons. The van der Waals surface area contributed by atoms with Crippen LogP contribution in [0.1, 0.15) is 16.8 Å². The molecule has 1 radical (unpaired) electrons. The van der Waals surface area contributed by atoms with Gasteiger partial charge in [-0.2, -0.15) is 5.10 Å². The molecule has 0 unspecified atom stereocenters. The van der Waals surface area contributed by atoms with Crippen LogP contribution in [-0.4, -0.2) is 14.9 Å². The first-order valence-corrected chi connectivity index (χ1v) is 4.90. The van der Waals surface area contributed by atoms with E-state index in [2.05, 4.69) is 12.0 Å². The van der Waals surface area contributed by atoms with Crippen LogP contribution in [0.2, 0.25) is 0 Å². The van der Waals surface area contributed by atoms with Crippen molar-refractivity contribution in [1.82, 2.24) is 9.78 Å². The van der Waals surface area contributed by atoms with Crippen molar-refractivity contribution in [3.05, 3.63) is 54.0 Å². The number of aliphatic hydroxyl groups excluding tert-OH is 1. The van der Waals surface area contributed by atoms with Crippen molar-refractivity contribution in [3.8, 4) is 5.69 Å². The first kappa shape index (κ1) is 10.8. The molecule has 2 rings (SSSR count). The molecule has 1 aromatic carbocycles. The first-order valence-electron chi connectivity index (χ1n) is 4.90. The molecule has 0 amide bonds. The smallest absolute Gasteiger partial charge is 0.149 e. The first-order chi connectivity index (χ1) is 7.63. The summed E-state index contributed by atoms with van der Waals surface area (Å²) in [6, 6.07) is 4.68. The number of para-hydroxylation sites is 1. The third-order valence-corrected chi connectivity index (χ3v) is 2.47. The van der Waals surface area contributed by atoms with E-state index < -0.39 is 0 Å². The maximum absolute atomic E-state index is 13.6. The predicted octanol–water partition coefficient (Wildman–Crippen LogP) is 1.99. The van der Waals surface area contributed by atoms with Gasteiger partial charge in [-0.25, -0.2) is 9.07 Å². The lowest BCUT2D eigenvalue weighted by atomic mass is 10.2. The number of nitrogens with zero attached hydrogens (tertiary/aromatic N) is 2. The summed E-state index contributed by atoms with van der Waals surface area (Å²) < 4.78 is 15.0. The van der Waals surface area contributed by atoms with E-state index in [0.29, 0.717) is 22.5 Å². The van der Waals surface area contributed by atoms with Gasteiger partial charge in [-0.1, -0.05) is 12.1 Å². The number of aryl methyl sites for hydroxylation is 1. The van der Waals surface area contributed by atoms with Crippen LogP contribution in [0.5, 0.6) is 0 Å². The van der Waals surface area contributed by atoms with Crippen LogP contribution in [0.25, 0.3) is 5.69 Å². The molecule has 1 heterocycles. The van der Waals surface area contributed by atoms with Gasteiger partial charge < -0.3 is 5.11 Å². The summed E-state index contributed by atoms with van der Waals surface area (Å²) >= 11 is 0. The lowest BCUT2D eigenvalue weighted by molar-refractivity contribution is 0.281. The van der Waals surface area contributed by atoms with E-state index in [1.807, 2.05) is 0 Å². The van der Waals surface area contributed by atoms with Crippen molar-refractivity contribution < 1.29 is 9.50 Å². The van der Waals surface area contributed by atoms with Crippen LogP contribution in [0.3, 0.4) is 0 Å². The fourth-order valence-corrected chi connectivity index (χ4v) is 1.58. The van der Waals surface area contributed by atoms with Gasteiger partial charge in [0.15, 0.2) is 0 Å². The summed E-state index contributed by atoms with van der Waals surface area (Å²) in [6.45, 7) is 5.42. The Kier molecular flexibility index (Phi) is 2.75. The van der Waals surface area contributed by atoms with Crippen LogP contribution < -0.4 is 0 Å². The Labute approximate surface area is 93.2 Å². The quantitative estimate of drug-likeness (QED) is 0.838. The van der Waals surface area contributed by atoms with E-state index in [1.54, 1.807) is 25.3 Å². The Morgan fingerprint density at radius 1 is 1.50 bits per heavy atom. The van der Waals surface area contributed by atoms with E-state index in [0.717, 1.165) is 0 Å². The minimum atomic E-state index is -0.375. The van der Waals surface area contributed by atoms with Gasteiger partial charge in [0.2, 0.25) is 0 Å². The van der Waals surface area contributed by atoms with Crippen molar-refractivity contribution in [2.75, 3.05) is 0 Å². The molecule has 0 bridgehead atoms. The van der Waals surface area contributed by atoms with Crippen molar-refractivity contribution in [2.24, 2.45) is 0 Å². The molecule has 0 atom stereocenters. The number of rotatable bonds is 2. The van der Waals surface area contributed by atoms with Crippen molar-refractivity contribution >= 4 is 0 Å². The highest BCUT2D eigenvalue weighted by Gasteiger charge is 2.11. The van der Waals surface area contributed by atoms with Crippen LogP contribution in [0.4, 0.5) is 4.39 Å². The van der Waals surface area contributed by atoms with E-state index in [-0.39, 0.29) is 12.4 Å². The van der Waals surface area contributed by atoms with Crippen molar-refractivity contribution in [1.29, 1.82) is 0 Å². The monoisotopic (exact) mass is 219 g/mol. The molecular formula is C12H12FN2O. The van der Waals surface area contributed by atoms with Gasteiger partial charge in [0, 0.05) is 11.8 Å². The molecule has 0 aliphatic rings. The summed E-state index contributed by atoms with van der Waals surface area (Å²) in [7, 11) is 0. The second-order valence-corrected chi connectivity index (χ2v) is 3.59. The molecule has 4 heteroatoms. The molecule has 0 fully saturated rings. The highest BCUT2D eigenvalue weighted by atomic mass is 19.1. The molecule has 0 spiro atoms. The molecular weight excluding hydrogens is 207 g/mol. The minimum Gasteiger partial charge on any atom is -0.392 e. The number of halogens is 1. The Balaban J connectivity index is 2.58. The number of hydrogen-bond acceptors (Lipinski definition) is 2. The normalized spacial score (nSPS) is 10.8. The molecule has 16 heavy (non-hydrogen) atoms. The highest BCUT2D eigenvalue weighted by Crippen LogP contribution is 2.19. The maximum Gasteiger partial charge on any atom is 0.149 e. The zero-order valence-electron chi connectivity index (χ0n) is 8.94. The average Bonchev–Trinajstić information content (AvgIpc) is 2.59.